The first-order valence-corrected chi connectivity index (χ1v) is 3.55. The van der Waals surface area contributed by atoms with E-state index in [0.29, 0.717) is 0 Å². The van der Waals surface area contributed by atoms with Gasteiger partial charge in [-0.15, -0.1) is 0 Å². The van der Waals surface area contributed by atoms with E-state index in [1.807, 2.05) is 0 Å². The molecule has 0 aliphatic carbocycles. The highest BCUT2D eigenvalue weighted by atomic mass is 19.3. The van der Waals surface area contributed by atoms with Crippen molar-refractivity contribution < 1.29 is 32.6 Å². The van der Waals surface area contributed by atoms with Crippen LogP contribution in [-0.4, -0.2) is 47.7 Å². The van der Waals surface area contributed by atoms with E-state index >= 15 is 0 Å². The minimum Gasteiger partial charge on any atom is -0.477 e. The molecule has 0 aliphatic rings. The van der Waals surface area contributed by atoms with Crippen molar-refractivity contribution in [3.63, 3.8) is 0 Å². The van der Waals surface area contributed by atoms with Gasteiger partial charge in [-0.1, -0.05) is 0 Å². The molecule has 0 heterocycles. The second-order valence-corrected chi connectivity index (χ2v) is 2.54. The fourth-order valence-electron chi connectivity index (χ4n) is 0.542. The number of carboxylic acids is 1. The van der Waals surface area contributed by atoms with Crippen LogP contribution in [0.3, 0.4) is 0 Å². The average molecular weight is 219 g/mol. The first-order valence-electron chi connectivity index (χ1n) is 3.55. The SMILES string of the molecule is O=C(O)C(F)(F)CNCC(O)C(F)F. The molecular weight excluding hydrogens is 210 g/mol. The zero-order valence-corrected chi connectivity index (χ0v) is 6.88. The summed E-state index contributed by atoms with van der Waals surface area (Å²) in [5.74, 6) is -6.38. The van der Waals surface area contributed by atoms with Crippen LogP contribution in [0.2, 0.25) is 0 Å². The Morgan fingerprint density at radius 3 is 2.29 bits per heavy atom. The Kier molecular flexibility index (Phi) is 4.78. The third-order valence-electron chi connectivity index (χ3n) is 1.30. The van der Waals surface area contributed by atoms with E-state index in [-0.39, 0.29) is 0 Å². The van der Waals surface area contributed by atoms with Gasteiger partial charge in [0.25, 0.3) is 6.43 Å². The van der Waals surface area contributed by atoms with Crippen LogP contribution in [0.15, 0.2) is 0 Å². The molecule has 0 aromatic heterocycles. The molecule has 3 N–H and O–H groups in total. The predicted molar refractivity (Wildman–Crippen MR) is 37.5 cm³/mol. The summed E-state index contributed by atoms with van der Waals surface area (Å²) in [6.07, 6.45) is -5.14. The van der Waals surface area contributed by atoms with Gasteiger partial charge in [-0.2, -0.15) is 8.78 Å². The van der Waals surface area contributed by atoms with Crippen molar-refractivity contribution in [1.82, 2.24) is 5.32 Å². The largest absolute Gasteiger partial charge is 0.477 e. The number of aliphatic hydroxyl groups excluding tert-OH is 1. The second-order valence-electron chi connectivity index (χ2n) is 2.54. The summed E-state index contributed by atoms with van der Waals surface area (Å²) in [5.41, 5.74) is 0. The maximum Gasteiger partial charge on any atom is 0.375 e. The molecule has 0 fully saturated rings. The lowest BCUT2D eigenvalue weighted by Gasteiger charge is -2.14. The number of aliphatic carboxylic acids is 1. The number of hydrogen-bond acceptors (Lipinski definition) is 3. The average Bonchev–Trinajstić information content (AvgIpc) is 2.03. The normalized spacial score (nSPS) is 14.4. The summed E-state index contributed by atoms with van der Waals surface area (Å²) >= 11 is 0. The highest BCUT2D eigenvalue weighted by Crippen LogP contribution is 2.11. The van der Waals surface area contributed by atoms with Crippen LogP contribution in [0.1, 0.15) is 0 Å². The van der Waals surface area contributed by atoms with E-state index < -0.39 is 37.5 Å². The van der Waals surface area contributed by atoms with Gasteiger partial charge in [-0.05, 0) is 0 Å². The van der Waals surface area contributed by atoms with Gasteiger partial charge in [0, 0.05) is 6.54 Å². The number of halogens is 4. The molecule has 0 spiro atoms. The molecule has 0 radical (unpaired) electrons. The van der Waals surface area contributed by atoms with Crippen LogP contribution in [0.25, 0.3) is 0 Å². The molecule has 8 heteroatoms. The number of alkyl halides is 4. The monoisotopic (exact) mass is 219 g/mol. The minimum absolute atomic E-state index is 0.791. The fraction of sp³-hybridized carbons (Fsp3) is 0.833. The number of carbonyl (C=O) groups is 1. The molecule has 0 rings (SSSR count). The van der Waals surface area contributed by atoms with Crippen molar-refractivity contribution >= 4 is 5.97 Å². The van der Waals surface area contributed by atoms with E-state index in [1.54, 1.807) is 5.32 Å². The lowest BCUT2D eigenvalue weighted by Crippen LogP contribution is -2.43. The summed E-state index contributed by atoms with van der Waals surface area (Å²) in [6, 6.07) is 0. The lowest BCUT2D eigenvalue weighted by atomic mass is 10.3. The molecule has 1 unspecified atom stereocenters. The first-order chi connectivity index (χ1) is 6.27. The third-order valence-corrected chi connectivity index (χ3v) is 1.30. The first kappa shape index (κ1) is 13.1. The molecule has 0 aromatic carbocycles. The summed E-state index contributed by atoms with van der Waals surface area (Å²) in [4.78, 5) is 9.83. The lowest BCUT2D eigenvalue weighted by molar-refractivity contribution is -0.164. The summed E-state index contributed by atoms with van der Waals surface area (Å²) < 4.78 is 47.8. The minimum atomic E-state index is -4.03. The Morgan fingerprint density at radius 2 is 1.93 bits per heavy atom. The number of nitrogens with one attached hydrogen (secondary N) is 1. The van der Waals surface area contributed by atoms with Crippen LogP contribution in [0, 0.1) is 0 Å². The van der Waals surface area contributed by atoms with Gasteiger partial charge in [0.1, 0.15) is 6.10 Å². The molecular formula is C6H9F4NO3. The van der Waals surface area contributed by atoms with Crippen LogP contribution in [0.5, 0.6) is 0 Å². The van der Waals surface area contributed by atoms with Gasteiger partial charge >= 0.3 is 11.9 Å². The van der Waals surface area contributed by atoms with Gasteiger partial charge in [0.2, 0.25) is 0 Å². The Bertz CT molecular complexity index is 200. The van der Waals surface area contributed by atoms with Crippen molar-refractivity contribution in [2.24, 2.45) is 0 Å². The number of carboxylic acid groups (broad SMARTS) is 1. The molecule has 14 heavy (non-hydrogen) atoms. The topological polar surface area (TPSA) is 69.6 Å². The summed E-state index contributed by atoms with van der Waals surface area (Å²) in [5, 5.41) is 18.1. The highest BCUT2D eigenvalue weighted by molar-refractivity contribution is 5.75. The molecule has 0 amide bonds. The van der Waals surface area contributed by atoms with Crippen molar-refractivity contribution in [2.75, 3.05) is 13.1 Å². The Balaban J connectivity index is 3.79. The number of hydrogen-bond donors (Lipinski definition) is 3. The number of aliphatic hydroxyl groups is 1. The van der Waals surface area contributed by atoms with Gasteiger partial charge in [0.05, 0.1) is 6.54 Å². The van der Waals surface area contributed by atoms with Crippen molar-refractivity contribution in [1.29, 1.82) is 0 Å². The van der Waals surface area contributed by atoms with E-state index in [9.17, 15) is 22.4 Å². The number of rotatable bonds is 6. The molecule has 4 nitrogen and oxygen atoms in total. The fourth-order valence-corrected chi connectivity index (χ4v) is 0.542. The van der Waals surface area contributed by atoms with Crippen LogP contribution in [-0.2, 0) is 4.79 Å². The molecule has 0 bridgehead atoms. The van der Waals surface area contributed by atoms with Gasteiger partial charge in [-0.3, -0.25) is 0 Å². The van der Waals surface area contributed by atoms with Crippen LogP contribution in [0.4, 0.5) is 17.6 Å². The third kappa shape index (κ3) is 4.38. The van der Waals surface area contributed by atoms with Crippen molar-refractivity contribution in [3.05, 3.63) is 0 Å². The Labute approximate surface area is 76.5 Å². The van der Waals surface area contributed by atoms with E-state index in [4.69, 9.17) is 10.2 Å². The van der Waals surface area contributed by atoms with E-state index in [1.165, 1.54) is 0 Å². The van der Waals surface area contributed by atoms with Gasteiger partial charge in [-0.25, -0.2) is 13.6 Å². The van der Waals surface area contributed by atoms with E-state index in [2.05, 4.69) is 0 Å². The summed E-state index contributed by atoms with van der Waals surface area (Å²) in [6.45, 7) is -2.09. The van der Waals surface area contributed by atoms with Crippen molar-refractivity contribution in [2.45, 2.75) is 18.5 Å². The van der Waals surface area contributed by atoms with Gasteiger partial charge in [0.15, 0.2) is 0 Å². The van der Waals surface area contributed by atoms with Gasteiger partial charge < -0.3 is 15.5 Å². The molecule has 1 atom stereocenters. The van der Waals surface area contributed by atoms with Crippen molar-refractivity contribution in [3.8, 4) is 0 Å². The molecule has 0 aromatic rings. The molecule has 0 saturated carbocycles. The zero-order valence-electron chi connectivity index (χ0n) is 6.88. The standard InChI is InChI=1S/C6H9F4NO3/c7-4(8)3(12)1-11-2-6(9,10)5(13)14/h3-4,11-12H,1-2H2,(H,13,14). The quantitative estimate of drug-likeness (QED) is 0.546. The Morgan fingerprint density at radius 1 is 1.43 bits per heavy atom. The zero-order chi connectivity index (χ0) is 11.4. The Hall–Kier alpha value is -0.890. The van der Waals surface area contributed by atoms with Crippen LogP contribution >= 0.6 is 0 Å². The highest BCUT2D eigenvalue weighted by Gasteiger charge is 2.38. The van der Waals surface area contributed by atoms with Crippen LogP contribution < -0.4 is 5.32 Å². The van der Waals surface area contributed by atoms with E-state index in [0.717, 1.165) is 0 Å². The second kappa shape index (κ2) is 5.11. The summed E-state index contributed by atoms with van der Waals surface area (Å²) in [7, 11) is 0. The maximum atomic E-state index is 12.3. The molecule has 0 saturated heterocycles. The molecule has 0 aliphatic heterocycles. The molecule has 84 valence electrons. The smallest absolute Gasteiger partial charge is 0.375 e. The predicted octanol–water partition coefficient (Wildman–Crippen LogP) is -0.0781. The maximum absolute atomic E-state index is 12.3.